The van der Waals surface area contributed by atoms with Gasteiger partial charge in [-0.05, 0) is 0 Å². The Bertz CT molecular complexity index is 192. The molecule has 0 radical (unpaired) electrons. The van der Waals surface area contributed by atoms with Crippen molar-refractivity contribution in [1.29, 1.82) is 0 Å². The summed E-state index contributed by atoms with van der Waals surface area (Å²) in [5.74, 6) is 1.27. The van der Waals surface area contributed by atoms with Gasteiger partial charge in [0.05, 0.1) is 6.54 Å². The number of amides is 2. The first-order valence-corrected chi connectivity index (χ1v) is 4.30. The number of hydrogen-bond acceptors (Lipinski definition) is 2. The van der Waals surface area contributed by atoms with Gasteiger partial charge in [0.15, 0.2) is 0 Å². The maximum atomic E-state index is 10.8. The topological polar surface area (TPSA) is 58.2 Å². The lowest BCUT2D eigenvalue weighted by atomic mass is 10.4. The lowest BCUT2D eigenvalue weighted by Crippen LogP contribution is -2.34. The van der Waals surface area contributed by atoms with Crippen molar-refractivity contribution in [2.75, 3.05) is 6.54 Å². The summed E-state index contributed by atoms with van der Waals surface area (Å²) in [5.41, 5.74) is 0. The maximum Gasteiger partial charge on any atom is 0.243 e. The molecule has 0 spiro atoms. The molecule has 2 amide bonds. The van der Waals surface area contributed by atoms with Gasteiger partial charge in [-0.15, -0.1) is 9.24 Å². The number of rotatable bonds is 4. The van der Waals surface area contributed by atoms with Crippen LogP contribution in [0, 0.1) is 0 Å². The van der Waals surface area contributed by atoms with E-state index in [-0.39, 0.29) is 18.4 Å². The van der Waals surface area contributed by atoms with E-state index < -0.39 is 0 Å². The second-order valence-electron chi connectivity index (χ2n) is 2.06. The van der Waals surface area contributed by atoms with E-state index in [9.17, 15) is 9.59 Å². The summed E-state index contributed by atoms with van der Waals surface area (Å²) in [6, 6.07) is 0. The summed E-state index contributed by atoms with van der Waals surface area (Å²) in [6.45, 7) is 1.76. The Balaban J connectivity index is 3.50. The largest absolute Gasteiger partial charge is 0.347 e. The molecular weight excluding hydrogens is 175 g/mol. The molecule has 1 atom stereocenters. The van der Waals surface area contributed by atoms with Crippen LogP contribution >= 0.6 is 9.24 Å². The van der Waals surface area contributed by atoms with Gasteiger partial charge in [0.25, 0.3) is 0 Å². The molecule has 0 rings (SSSR count). The number of carbonyl (C=O) groups is 2. The molecular formula is C7H13N2O2P. The van der Waals surface area contributed by atoms with Gasteiger partial charge < -0.3 is 10.6 Å². The molecule has 12 heavy (non-hydrogen) atoms. The lowest BCUT2D eigenvalue weighted by molar-refractivity contribution is -0.125. The highest BCUT2D eigenvalue weighted by Gasteiger charge is 2.00. The predicted molar refractivity (Wildman–Crippen MR) is 50.3 cm³/mol. The molecule has 0 bridgehead atoms. The van der Waals surface area contributed by atoms with Crippen molar-refractivity contribution >= 4 is 21.1 Å². The zero-order valence-corrected chi connectivity index (χ0v) is 8.12. The molecule has 4 nitrogen and oxygen atoms in total. The average Bonchev–Trinajstić information content (AvgIpc) is 2.10. The minimum Gasteiger partial charge on any atom is -0.347 e. The smallest absolute Gasteiger partial charge is 0.243 e. The highest BCUT2D eigenvalue weighted by atomic mass is 31.0. The van der Waals surface area contributed by atoms with Gasteiger partial charge >= 0.3 is 0 Å². The molecule has 0 saturated heterocycles. The fourth-order valence-electron chi connectivity index (χ4n) is 0.496. The van der Waals surface area contributed by atoms with Crippen molar-refractivity contribution in [2.45, 2.75) is 13.3 Å². The van der Waals surface area contributed by atoms with Crippen molar-refractivity contribution < 1.29 is 9.59 Å². The van der Waals surface area contributed by atoms with E-state index >= 15 is 0 Å². The summed E-state index contributed by atoms with van der Waals surface area (Å²) in [5, 5.41) is 4.91. The SMILES string of the molecule is CCC(=O)NCC(=O)N/C=C\P. The van der Waals surface area contributed by atoms with Crippen LogP contribution in [0.4, 0.5) is 0 Å². The Morgan fingerprint density at radius 1 is 1.42 bits per heavy atom. The molecule has 2 N–H and O–H groups in total. The molecule has 0 aliphatic heterocycles. The van der Waals surface area contributed by atoms with E-state index in [1.807, 2.05) is 0 Å². The minimum absolute atomic E-state index is 0.0294. The second-order valence-corrected chi connectivity index (χ2v) is 2.44. The Morgan fingerprint density at radius 2 is 2.08 bits per heavy atom. The van der Waals surface area contributed by atoms with Gasteiger partial charge in [-0.1, -0.05) is 12.7 Å². The standard InChI is InChI=1S/C7H13N2O2P/c1-2-6(10)9-5-7(11)8-3-4-12/h3-4H,2,5,12H2,1H3,(H,8,11)(H,9,10)/b4-3-. The van der Waals surface area contributed by atoms with Crippen LogP contribution < -0.4 is 10.6 Å². The number of nitrogens with one attached hydrogen (secondary N) is 2. The highest BCUT2D eigenvalue weighted by Crippen LogP contribution is 1.79. The second kappa shape index (κ2) is 6.80. The zero-order chi connectivity index (χ0) is 9.40. The van der Waals surface area contributed by atoms with E-state index in [2.05, 4.69) is 19.9 Å². The first-order chi connectivity index (χ1) is 5.70. The molecule has 0 saturated carbocycles. The third-order valence-electron chi connectivity index (χ3n) is 1.11. The molecule has 0 aromatic heterocycles. The van der Waals surface area contributed by atoms with Crippen LogP contribution in [0.25, 0.3) is 0 Å². The Labute approximate surface area is 74.0 Å². The van der Waals surface area contributed by atoms with E-state index in [0.29, 0.717) is 6.42 Å². The molecule has 68 valence electrons. The average molecular weight is 188 g/mol. The predicted octanol–water partition coefficient (Wildman–Crippen LogP) is -0.0249. The first-order valence-electron chi connectivity index (χ1n) is 3.63. The van der Waals surface area contributed by atoms with Crippen molar-refractivity contribution in [3.63, 3.8) is 0 Å². The van der Waals surface area contributed by atoms with E-state index in [1.165, 1.54) is 6.20 Å². The van der Waals surface area contributed by atoms with Crippen molar-refractivity contribution in [3.05, 3.63) is 12.0 Å². The number of carbonyl (C=O) groups excluding carboxylic acids is 2. The molecule has 0 aromatic carbocycles. The maximum absolute atomic E-state index is 10.8. The van der Waals surface area contributed by atoms with Crippen LogP contribution in [0.1, 0.15) is 13.3 Å². The Kier molecular flexibility index (Phi) is 6.29. The van der Waals surface area contributed by atoms with Crippen LogP contribution in [-0.4, -0.2) is 18.4 Å². The highest BCUT2D eigenvalue weighted by molar-refractivity contribution is 7.20. The van der Waals surface area contributed by atoms with Gasteiger partial charge in [0.1, 0.15) is 0 Å². The summed E-state index contributed by atoms with van der Waals surface area (Å²) in [4.78, 5) is 21.5. The summed E-state index contributed by atoms with van der Waals surface area (Å²) < 4.78 is 0. The van der Waals surface area contributed by atoms with Gasteiger partial charge in [-0.25, -0.2) is 0 Å². The fraction of sp³-hybridized carbons (Fsp3) is 0.429. The fourth-order valence-corrected chi connectivity index (χ4v) is 0.592. The zero-order valence-electron chi connectivity index (χ0n) is 6.96. The van der Waals surface area contributed by atoms with Crippen LogP contribution in [0.2, 0.25) is 0 Å². The Morgan fingerprint density at radius 3 is 2.58 bits per heavy atom. The lowest BCUT2D eigenvalue weighted by Gasteiger charge is -2.01. The molecule has 0 aliphatic rings. The molecule has 1 unspecified atom stereocenters. The summed E-state index contributed by atoms with van der Waals surface area (Å²) >= 11 is 0. The van der Waals surface area contributed by atoms with E-state index in [4.69, 9.17) is 0 Å². The van der Waals surface area contributed by atoms with Crippen molar-refractivity contribution in [1.82, 2.24) is 10.6 Å². The van der Waals surface area contributed by atoms with E-state index in [0.717, 1.165) is 0 Å². The minimum atomic E-state index is -0.226. The normalized spacial score (nSPS) is 9.83. The molecule has 0 aromatic rings. The van der Waals surface area contributed by atoms with Gasteiger partial charge in [0.2, 0.25) is 11.8 Å². The molecule has 0 aliphatic carbocycles. The van der Waals surface area contributed by atoms with Crippen LogP contribution in [-0.2, 0) is 9.59 Å². The van der Waals surface area contributed by atoms with Crippen LogP contribution in [0.3, 0.4) is 0 Å². The van der Waals surface area contributed by atoms with Crippen molar-refractivity contribution in [2.24, 2.45) is 0 Å². The number of hydrogen-bond donors (Lipinski definition) is 2. The Hall–Kier alpha value is -0.890. The first kappa shape index (κ1) is 11.1. The summed E-state index contributed by atoms with van der Waals surface area (Å²) in [7, 11) is 2.33. The monoisotopic (exact) mass is 188 g/mol. The molecule has 0 heterocycles. The third-order valence-corrected chi connectivity index (χ3v) is 1.30. The van der Waals surface area contributed by atoms with Gasteiger partial charge in [-0.3, -0.25) is 9.59 Å². The van der Waals surface area contributed by atoms with Crippen molar-refractivity contribution in [3.8, 4) is 0 Å². The van der Waals surface area contributed by atoms with E-state index in [1.54, 1.807) is 12.7 Å². The van der Waals surface area contributed by atoms with Gasteiger partial charge in [-0.2, -0.15) is 0 Å². The van der Waals surface area contributed by atoms with Gasteiger partial charge in [0, 0.05) is 12.6 Å². The molecule has 5 heteroatoms. The summed E-state index contributed by atoms with van der Waals surface area (Å²) in [6.07, 6.45) is 1.89. The third kappa shape index (κ3) is 5.86. The van der Waals surface area contributed by atoms with Crippen LogP contribution in [0.5, 0.6) is 0 Å². The molecule has 0 fully saturated rings. The quantitative estimate of drug-likeness (QED) is 0.609. The van der Waals surface area contributed by atoms with Crippen LogP contribution in [0.15, 0.2) is 12.0 Å².